The van der Waals surface area contributed by atoms with Crippen LogP contribution in [0, 0.1) is 13.8 Å². The van der Waals surface area contributed by atoms with Gasteiger partial charge in [-0.2, -0.15) is 0 Å². The zero-order valence-electron chi connectivity index (χ0n) is 20.2. The number of fused-ring (bicyclic) bond motifs is 1. The average Bonchev–Trinajstić information content (AvgIpc) is 3.52. The Hall–Kier alpha value is -3.16. The Balaban J connectivity index is 1.42. The molecule has 0 saturated carbocycles. The molecule has 3 aromatic carbocycles. The van der Waals surface area contributed by atoms with Gasteiger partial charge in [-0.3, -0.25) is 9.36 Å². The van der Waals surface area contributed by atoms with Crippen LogP contribution in [0.1, 0.15) is 35.4 Å². The first kappa shape index (κ1) is 23.6. The number of carbonyl (C=O) groups is 1. The highest BCUT2D eigenvalue weighted by atomic mass is 32.2. The third kappa shape index (κ3) is 5.41. The fourth-order valence-corrected chi connectivity index (χ4v) is 5.43. The van der Waals surface area contributed by atoms with Gasteiger partial charge in [0.1, 0.15) is 5.82 Å². The van der Waals surface area contributed by atoms with Gasteiger partial charge >= 0.3 is 0 Å². The fourth-order valence-electron chi connectivity index (χ4n) is 4.64. The molecule has 1 N–H and O–H groups in total. The molecular weight excluding hydrogens is 456 g/mol. The number of aromatic nitrogens is 3. The van der Waals surface area contributed by atoms with Crippen molar-refractivity contribution in [3.63, 3.8) is 0 Å². The largest absolute Gasteiger partial charge is 0.376 e. The summed E-state index contributed by atoms with van der Waals surface area (Å²) in [7, 11) is 0. The van der Waals surface area contributed by atoms with E-state index in [1.54, 1.807) is 0 Å². The van der Waals surface area contributed by atoms with E-state index in [-0.39, 0.29) is 17.8 Å². The van der Waals surface area contributed by atoms with Crippen molar-refractivity contribution in [2.75, 3.05) is 18.9 Å². The minimum atomic E-state index is -0.0173. The number of carbonyl (C=O) groups excluding carboxylic acids is 1. The van der Waals surface area contributed by atoms with Crippen molar-refractivity contribution in [1.29, 1.82) is 0 Å². The zero-order valence-corrected chi connectivity index (χ0v) is 21.0. The maximum absolute atomic E-state index is 12.5. The van der Waals surface area contributed by atoms with E-state index in [1.807, 2.05) is 0 Å². The summed E-state index contributed by atoms with van der Waals surface area (Å²) in [5.41, 5.74) is 4.59. The smallest absolute Gasteiger partial charge is 0.230 e. The first-order valence-corrected chi connectivity index (χ1v) is 13.1. The second kappa shape index (κ2) is 10.6. The predicted molar refractivity (Wildman–Crippen MR) is 140 cm³/mol. The van der Waals surface area contributed by atoms with E-state index >= 15 is 0 Å². The fraction of sp³-hybridized carbons (Fsp3) is 0.321. The molecule has 0 aliphatic carbocycles. The topological polar surface area (TPSA) is 69.0 Å². The molecule has 1 amide bonds. The standard InChI is InChI=1S/C28H30N4O2S/c1-19-12-13-25(20(2)15-19)32-26(16-22-9-5-8-21-7-3-4-11-24(21)22)30-31-28(32)35-18-27(33)29-17-23-10-6-14-34-23/h3-5,7-9,11-13,15,23H,6,10,14,16-18H2,1-2H3,(H,29,33)/t23-/m1/s1. The summed E-state index contributed by atoms with van der Waals surface area (Å²) >= 11 is 1.42. The second-order valence-electron chi connectivity index (χ2n) is 9.07. The molecule has 7 heteroatoms. The molecule has 1 atom stereocenters. The van der Waals surface area contributed by atoms with Gasteiger partial charge in [0.15, 0.2) is 5.16 Å². The van der Waals surface area contributed by atoms with Gasteiger partial charge in [-0.25, -0.2) is 0 Å². The molecule has 0 radical (unpaired) electrons. The lowest BCUT2D eigenvalue weighted by Gasteiger charge is -2.14. The summed E-state index contributed by atoms with van der Waals surface area (Å²) in [6, 6.07) is 21.2. The SMILES string of the molecule is Cc1ccc(-n2c(Cc3cccc4ccccc34)nnc2SCC(=O)NC[C@H]2CCCO2)c(C)c1. The molecule has 1 aliphatic rings. The van der Waals surface area contributed by atoms with Gasteiger partial charge in [0, 0.05) is 19.6 Å². The van der Waals surface area contributed by atoms with Crippen LogP contribution in [0.2, 0.25) is 0 Å². The summed E-state index contributed by atoms with van der Waals surface area (Å²) in [6.07, 6.45) is 2.85. The molecule has 35 heavy (non-hydrogen) atoms. The highest BCUT2D eigenvalue weighted by Crippen LogP contribution is 2.28. The maximum atomic E-state index is 12.5. The number of rotatable bonds is 8. The monoisotopic (exact) mass is 486 g/mol. The number of hydrogen-bond acceptors (Lipinski definition) is 5. The van der Waals surface area contributed by atoms with E-state index in [0.717, 1.165) is 41.7 Å². The Morgan fingerprint density at radius 3 is 2.80 bits per heavy atom. The molecule has 1 fully saturated rings. The average molecular weight is 487 g/mol. The number of benzene rings is 3. The molecular formula is C28H30N4O2S. The van der Waals surface area contributed by atoms with Crippen LogP contribution in [-0.4, -0.2) is 45.7 Å². The van der Waals surface area contributed by atoms with Gasteiger partial charge in [0.2, 0.25) is 5.91 Å². The van der Waals surface area contributed by atoms with Crippen molar-refractivity contribution in [3.05, 3.63) is 83.2 Å². The van der Waals surface area contributed by atoms with Crippen LogP contribution in [0.3, 0.4) is 0 Å². The first-order chi connectivity index (χ1) is 17.1. The van der Waals surface area contributed by atoms with Crippen molar-refractivity contribution in [1.82, 2.24) is 20.1 Å². The Morgan fingerprint density at radius 1 is 1.11 bits per heavy atom. The first-order valence-electron chi connectivity index (χ1n) is 12.1. The third-order valence-corrected chi connectivity index (χ3v) is 7.33. The zero-order chi connectivity index (χ0) is 24.2. The Morgan fingerprint density at radius 2 is 1.97 bits per heavy atom. The van der Waals surface area contributed by atoms with E-state index < -0.39 is 0 Å². The minimum Gasteiger partial charge on any atom is -0.376 e. The number of ether oxygens (including phenoxy) is 1. The van der Waals surface area contributed by atoms with Crippen molar-refractivity contribution in [2.45, 2.75) is 44.4 Å². The van der Waals surface area contributed by atoms with Crippen LogP contribution in [-0.2, 0) is 16.0 Å². The number of nitrogens with zero attached hydrogens (tertiary/aromatic N) is 3. The molecule has 1 saturated heterocycles. The van der Waals surface area contributed by atoms with Crippen LogP contribution >= 0.6 is 11.8 Å². The molecule has 6 nitrogen and oxygen atoms in total. The lowest BCUT2D eigenvalue weighted by Crippen LogP contribution is -2.32. The van der Waals surface area contributed by atoms with Crippen LogP contribution in [0.4, 0.5) is 0 Å². The Kier molecular flexibility index (Phi) is 7.16. The van der Waals surface area contributed by atoms with Crippen molar-refractivity contribution in [2.24, 2.45) is 0 Å². The van der Waals surface area contributed by atoms with Crippen LogP contribution < -0.4 is 5.32 Å². The number of hydrogen-bond donors (Lipinski definition) is 1. The van der Waals surface area contributed by atoms with Crippen LogP contribution in [0.25, 0.3) is 16.5 Å². The number of aryl methyl sites for hydroxylation is 2. The maximum Gasteiger partial charge on any atom is 0.230 e. The van der Waals surface area contributed by atoms with E-state index in [2.05, 4.69) is 94.6 Å². The quantitative estimate of drug-likeness (QED) is 0.354. The molecule has 1 aliphatic heterocycles. The van der Waals surface area contributed by atoms with Crippen molar-refractivity contribution < 1.29 is 9.53 Å². The molecule has 4 aromatic rings. The lowest BCUT2D eigenvalue weighted by atomic mass is 10.0. The highest BCUT2D eigenvalue weighted by Gasteiger charge is 2.20. The van der Waals surface area contributed by atoms with Gasteiger partial charge in [-0.05, 0) is 54.7 Å². The Bertz CT molecular complexity index is 1340. The summed E-state index contributed by atoms with van der Waals surface area (Å²) in [4.78, 5) is 12.5. The predicted octanol–water partition coefficient (Wildman–Crippen LogP) is 5.02. The van der Waals surface area contributed by atoms with Gasteiger partial charge in [0.25, 0.3) is 0 Å². The Labute approximate surface area is 210 Å². The number of amides is 1. The van der Waals surface area contributed by atoms with Crippen LogP contribution in [0.5, 0.6) is 0 Å². The minimum absolute atomic E-state index is 0.0173. The molecule has 2 heterocycles. The van der Waals surface area contributed by atoms with E-state index in [1.165, 1.54) is 33.7 Å². The lowest BCUT2D eigenvalue weighted by molar-refractivity contribution is -0.119. The summed E-state index contributed by atoms with van der Waals surface area (Å²) in [6.45, 7) is 5.55. The van der Waals surface area contributed by atoms with Gasteiger partial charge in [0.05, 0.1) is 17.5 Å². The molecule has 180 valence electrons. The summed E-state index contributed by atoms with van der Waals surface area (Å²) < 4.78 is 7.71. The molecule has 1 aromatic heterocycles. The summed E-state index contributed by atoms with van der Waals surface area (Å²) in [5.74, 6) is 1.12. The normalized spacial score (nSPS) is 15.5. The van der Waals surface area contributed by atoms with E-state index in [4.69, 9.17) is 4.74 Å². The van der Waals surface area contributed by atoms with Gasteiger partial charge in [-0.1, -0.05) is 71.9 Å². The number of thioether (sulfide) groups is 1. The third-order valence-electron chi connectivity index (χ3n) is 6.41. The molecule has 0 bridgehead atoms. The van der Waals surface area contributed by atoms with E-state index in [9.17, 15) is 4.79 Å². The van der Waals surface area contributed by atoms with Gasteiger partial charge in [-0.15, -0.1) is 10.2 Å². The molecule has 0 unspecified atom stereocenters. The van der Waals surface area contributed by atoms with Crippen molar-refractivity contribution in [3.8, 4) is 5.69 Å². The molecule has 0 spiro atoms. The van der Waals surface area contributed by atoms with Crippen molar-refractivity contribution >= 4 is 28.4 Å². The van der Waals surface area contributed by atoms with E-state index in [0.29, 0.717) is 13.0 Å². The van der Waals surface area contributed by atoms with Crippen LogP contribution in [0.15, 0.2) is 65.8 Å². The van der Waals surface area contributed by atoms with Gasteiger partial charge < -0.3 is 10.1 Å². The highest BCUT2D eigenvalue weighted by molar-refractivity contribution is 7.99. The number of nitrogens with one attached hydrogen (secondary N) is 1. The summed E-state index contributed by atoms with van der Waals surface area (Å²) in [5, 5.41) is 15.2. The molecule has 5 rings (SSSR count). The second-order valence-corrected chi connectivity index (χ2v) is 10.0.